The second kappa shape index (κ2) is 4.73. The molecule has 2 aliphatic rings. The molecule has 0 amide bonds. The van der Waals surface area contributed by atoms with E-state index in [9.17, 15) is 13.2 Å². The molecule has 1 aromatic heterocycles. The first-order valence-electron chi connectivity index (χ1n) is 8.22. The highest BCUT2D eigenvalue weighted by Gasteiger charge is 2.43. The summed E-state index contributed by atoms with van der Waals surface area (Å²) in [5.41, 5.74) is 3.40. The standard InChI is InChI=1S/C19H16N2O3S/c1-20-16-7-8-17-15(14(16)6-9-19(20)22)11-13-10-12-4-2-3-5-18(12)25(23,24)21(13)17/h2-9,13H,10-11H2,1H3. The van der Waals surface area contributed by atoms with Crippen molar-refractivity contribution in [1.82, 2.24) is 4.57 Å². The zero-order valence-corrected chi connectivity index (χ0v) is 14.5. The normalized spacial score (nSPS) is 20.2. The molecule has 0 radical (unpaired) electrons. The molecule has 0 N–H and O–H groups in total. The van der Waals surface area contributed by atoms with Crippen LogP contribution in [0.1, 0.15) is 11.1 Å². The van der Waals surface area contributed by atoms with Crippen molar-refractivity contribution in [3.8, 4) is 0 Å². The van der Waals surface area contributed by atoms with E-state index in [1.165, 1.54) is 0 Å². The predicted octanol–water partition coefficient (Wildman–Crippen LogP) is 2.21. The summed E-state index contributed by atoms with van der Waals surface area (Å²) in [4.78, 5) is 12.3. The fourth-order valence-electron chi connectivity index (χ4n) is 4.21. The lowest BCUT2D eigenvalue weighted by Crippen LogP contribution is -2.43. The molecule has 0 bridgehead atoms. The molecule has 126 valence electrons. The van der Waals surface area contributed by atoms with Crippen molar-refractivity contribution in [2.45, 2.75) is 23.8 Å². The molecule has 2 aromatic carbocycles. The number of hydrogen-bond acceptors (Lipinski definition) is 3. The molecule has 25 heavy (non-hydrogen) atoms. The Morgan fingerprint density at radius 3 is 2.64 bits per heavy atom. The highest BCUT2D eigenvalue weighted by atomic mass is 32.2. The lowest BCUT2D eigenvalue weighted by Gasteiger charge is -2.32. The van der Waals surface area contributed by atoms with Crippen LogP contribution in [-0.4, -0.2) is 19.0 Å². The summed E-state index contributed by atoms with van der Waals surface area (Å²) in [5, 5.41) is 0.952. The van der Waals surface area contributed by atoms with Crippen LogP contribution in [0.3, 0.4) is 0 Å². The first-order valence-corrected chi connectivity index (χ1v) is 9.66. The van der Waals surface area contributed by atoms with Crippen LogP contribution in [0.2, 0.25) is 0 Å². The molecular weight excluding hydrogens is 336 g/mol. The van der Waals surface area contributed by atoms with Gasteiger partial charge in [0, 0.05) is 18.5 Å². The van der Waals surface area contributed by atoms with Gasteiger partial charge in [0.2, 0.25) is 0 Å². The highest BCUT2D eigenvalue weighted by molar-refractivity contribution is 7.93. The second-order valence-corrected chi connectivity index (χ2v) is 8.48. The van der Waals surface area contributed by atoms with Crippen LogP contribution in [0, 0.1) is 0 Å². The minimum Gasteiger partial charge on any atom is -0.311 e. The molecule has 0 aliphatic carbocycles. The van der Waals surface area contributed by atoms with E-state index in [-0.39, 0.29) is 11.6 Å². The Balaban J connectivity index is 1.79. The van der Waals surface area contributed by atoms with Crippen LogP contribution in [0.15, 0.2) is 58.2 Å². The van der Waals surface area contributed by atoms with E-state index in [1.54, 1.807) is 34.1 Å². The van der Waals surface area contributed by atoms with Crippen molar-refractivity contribution in [1.29, 1.82) is 0 Å². The zero-order valence-electron chi connectivity index (χ0n) is 13.6. The van der Waals surface area contributed by atoms with Gasteiger partial charge in [0.15, 0.2) is 0 Å². The Kier molecular flexibility index (Phi) is 2.78. The molecule has 3 aromatic rings. The van der Waals surface area contributed by atoms with Gasteiger partial charge in [-0.3, -0.25) is 9.10 Å². The highest BCUT2D eigenvalue weighted by Crippen LogP contribution is 2.44. The SMILES string of the molecule is Cn1c(=O)ccc2c3c(ccc21)N1C(Cc2ccccc2S1(=O)=O)C3. The first-order chi connectivity index (χ1) is 12.0. The van der Waals surface area contributed by atoms with E-state index < -0.39 is 10.0 Å². The van der Waals surface area contributed by atoms with Crippen LogP contribution >= 0.6 is 0 Å². The van der Waals surface area contributed by atoms with Crippen molar-refractivity contribution in [3.63, 3.8) is 0 Å². The number of hydrogen-bond donors (Lipinski definition) is 0. The summed E-state index contributed by atoms with van der Waals surface area (Å²) in [6, 6.07) is 14.2. The maximum absolute atomic E-state index is 13.2. The summed E-state index contributed by atoms with van der Waals surface area (Å²) in [7, 11) is -1.81. The van der Waals surface area contributed by atoms with Gasteiger partial charge in [-0.25, -0.2) is 8.42 Å². The van der Waals surface area contributed by atoms with E-state index in [1.807, 2.05) is 30.3 Å². The van der Waals surface area contributed by atoms with Crippen LogP contribution in [-0.2, 0) is 29.9 Å². The molecule has 0 saturated carbocycles. The average Bonchev–Trinajstić information content (AvgIpc) is 2.97. The fourth-order valence-corrected chi connectivity index (χ4v) is 6.12. The minimum absolute atomic E-state index is 0.0665. The largest absolute Gasteiger partial charge is 0.311 e. The summed E-state index contributed by atoms with van der Waals surface area (Å²) in [6.07, 6.45) is 1.37. The maximum Gasteiger partial charge on any atom is 0.264 e. The predicted molar refractivity (Wildman–Crippen MR) is 96.5 cm³/mol. The van der Waals surface area contributed by atoms with Crippen molar-refractivity contribution in [2.24, 2.45) is 7.05 Å². The van der Waals surface area contributed by atoms with E-state index in [2.05, 4.69) is 0 Å². The van der Waals surface area contributed by atoms with Gasteiger partial charge >= 0.3 is 0 Å². The van der Waals surface area contributed by atoms with Crippen molar-refractivity contribution >= 4 is 26.6 Å². The van der Waals surface area contributed by atoms with Crippen LogP contribution in [0.5, 0.6) is 0 Å². The summed E-state index contributed by atoms with van der Waals surface area (Å²) in [6.45, 7) is 0. The van der Waals surface area contributed by atoms with Gasteiger partial charge in [-0.05, 0) is 48.2 Å². The Hall–Kier alpha value is -2.60. The number of rotatable bonds is 0. The van der Waals surface area contributed by atoms with Gasteiger partial charge in [-0.2, -0.15) is 0 Å². The van der Waals surface area contributed by atoms with Gasteiger partial charge < -0.3 is 4.57 Å². The number of pyridine rings is 1. The fraction of sp³-hybridized carbons (Fsp3) is 0.211. The van der Waals surface area contributed by atoms with Gasteiger partial charge in [0.05, 0.1) is 22.1 Å². The molecule has 1 unspecified atom stereocenters. The lowest BCUT2D eigenvalue weighted by molar-refractivity contribution is 0.564. The van der Waals surface area contributed by atoms with E-state index in [0.717, 1.165) is 27.7 Å². The van der Waals surface area contributed by atoms with Crippen LogP contribution in [0.4, 0.5) is 5.69 Å². The van der Waals surface area contributed by atoms with Gasteiger partial charge in [0.25, 0.3) is 15.6 Å². The van der Waals surface area contributed by atoms with Crippen molar-refractivity contribution in [3.05, 3.63) is 70.0 Å². The molecular formula is C19H16N2O3S. The van der Waals surface area contributed by atoms with Crippen molar-refractivity contribution in [2.75, 3.05) is 4.31 Å². The summed E-state index contributed by atoms with van der Waals surface area (Å²) < 4.78 is 29.5. The van der Waals surface area contributed by atoms with Crippen LogP contribution in [0.25, 0.3) is 10.9 Å². The number of benzene rings is 2. The Bertz CT molecular complexity index is 1210. The number of nitrogens with zero attached hydrogens (tertiary/aromatic N) is 2. The number of anilines is 1. The monoisotopic (exact) mass is 352 g/mol. The first kappa shape index (κ1) is 14.7. The quantitative estimate of drug-likeness (QED) is 0.623. The Morgan fingerprint density at radius 2 is 1.80 bits per heavy atom. The smallest absolute Gasteiger partial charge is 0.264 e. The molecule has 6 heteroatoms. The van der Waals surface area contributed by atoms with Gasteiger partial charge in [-0.1, -0.05) is 18.2 Å². The number of fused-ring (bicyclic) bond motifs is 6. The topological polar surface area (TPSA) is 59.4 Å². The number of aryl methyl sites for hydroxylation is 1. The number of sulfonamides is 1. The molecule has 5 rings (SSSR count). The average molecular weight is 352 g/mol. The van der Waals surface area contributed by atoms with Crippen molar-refractivity contribution < 1.29 is 8.42 Å². The third-order valence-corrected chi connectivity index (χ3v) is 7.33. The Labute approximate surface area is 145 Å². The molecule has 2 aliphatic heterocycles. The lowest BCUT2D eigenvalue weighted by atomic mass is 10.00. The van der Waals surface area contributed by atoms with E-state index in [4.69, 9.17) is 0 Å². The van der Waals surface area contributed by atoms with E-state index >= 15 is 0 Å². The molecule has 1 atom stereocenters. The second-order valence-electron chi connectivity index (χ2n) is 6.70. The maximum atomic E-state index is 13.2. The molecule has 0 spiro atoms. The summed E-state index contributed by atoms with van der Waals surface area (Å²) in [5.74, 6) is 0. The van der Waals surface area contributed by atoms with E-state index in [0.29, 0.717) is 17.7 Å². The van der Waals surface area contributed by atoms with Gasteiger partial charge in [0.1, 0.15) is 0 Å². The molecule has 0 saturated heterocycles. The molecule has 5 nitrogen and oxygen atoms in total. The Morgan fingerprint density at radius 1 is 1.00 bits per heavy atom. The summed E-state index contributed by atoms with van der Waals surface area (Å²) >= 11 is 0. The zero-order chi connectivity index (χ0) is 17.3. The molecule has 3 heterocycles. The minimum atomic E-state index is -3.56. The van der Waals surface area contributed by atoms with Crippen LogP contribution < -0.4 is 9.86 Å². The third kappa shape index (κ3) is 1.83. The number of aromatic nitrogens is 1. The van der Waals surface area contributed by atoms with Gasteiger partial charge in [-0.15, -0.1) is 0 Å². The third-order valence-electron chi connectivity index (χ3n) is 5.37. The molecule has 0 fully saturated rings.